The molecule has 0 radical (unpaired) electrons. The van der Waals surface area contributed by atoms with Crippen LogP contribution in [-0.4, -0.2) is 48.1 Å². The molecule has 0 aromatic carbocycles. The lowest BCUT2D eigenvalue weighted by molar-refractivity contribution is 0.256. The number of nitrogens with one attached hydrogen (secondary N) is 2. The van der Waals surface area contributed by atoms with Crippen molar-refractivity contribution < 1.29 is 4.42 Å². The van der Waals surface area contributed by atoms with Crippen LogP contribution >= 0.6 is 24.0 Å². The molecule has 2 N–H and O–H groups in total. The minimum absolute atomic E-state index is 0. The zero-order valence-electron chi connectivity index (χ0n) is 17.3. The standard InChI is InChI=1S/C20H35N5O.HI/c1-5-21-19(24-13-18-23-12-17(26-18)20(2,3)4)22-10-11-25(16-8-9-16)14-15-6-7-15;/h12,15-16H,5-11,13-14H2,1-4H3,(H2,21,22,24);1H. The minimum Gasteiger partial charge on any atom is -0.443 e. The van der Waals surface area contributed by atoms with E-state index in [2.05, 4.69) is 53.2 Å². The number of hydrogen-bond acceptors (Lipinski definition) is 4. The van der Waals surface area contributed by atoms with Gasteiger partial charge in [-0.3, -0.25) is 4.90 Å². The summed E-state index contributed by atoms with van der Waals surface area (Å²) in [6.45, 7) is 13.1. The molecule has 7 heteroatoms. The van der Waals surface area contributed by atoms with Crippen molar-refractivity contribution in [3.63, 3.8) is 0 Å². The highest BCUT2D eigenvalue weighted by Crippen LogP contribution is 2.34. The summed E-state index contributed by atoms with van der Waals surface area (Å²) in [4.78, 5) is 11.7. The topological polar surface area (TPSA) is 65.7 Å². The van der Waals surface area contributed by atoms with E-state index >= 15 is 0 Å². The van der Waals surface area contributed by atoms with Gasteiger partial charge in [0, 0.05) is 37.6 Å². The molecule has 0 atom stereocenters. The molecule has 154 valence electrons. The predicted molar refractivity (Wildman–Crippen MR) is 121 cm³/mol. The fourth-order valence-corrected chi connectivity index (χ4v) is 3.03. The first-order chi connectivity index (χ1) is 12.5. The molecule has 6 nitrogen and oxygen atoms in total. The normalized spacial score (nSPS) is 17.7. The van der Waals surface area contributed by atoms with Crippen LogP contribution in [-0.2, 0) is 12.0 Å². The first kappa shape index (κ1) is 22.5. The number of oxazole rings is 1. The van der Waals surface area contributed by atoms with Crippen molar-refractivity contribution in [2.24, 2.45) is 10.9 Å². The molecule has 0 aliphatic heterocycles. The second-order valence-corrected chi connectivity index (χ2v) is 8.66. The maximum absolute atomic E-state index is 5.83. The molecular formula is C20H36IN5O. The molecular weight excluding hydrogens is 453 g/mol. The van der Waals surface area contributed by atoms with Crippen LogP contribution < -0.4 is 10.6 Å². The molecule has 0 bridgehead atoms. The van der Waals surface area contributed by atoms with Crippen molar-refractivity contribution in [3.8, 4) is 0 Å². The summed E-state index contributed by atoms with van der Waals surface area (Å²) in [5.74, 6) is 3.37. The van der Waals surface area contributed by atoms with E-state index in [-0.39, 0.29) is 29.4 Å². The van der Waals surface area contributed by atoms with Gasteiger partial charge in [-0.15, -0.1) is 24.0 Å². The Bertz CT molecular complexity index is 602. The van der Waals surface area contributed by atoms with Crippen molar-refractivity contribution in [2.45, 2.75) is 71.4 Å². The Morgan fingerprint density at radius 2 is 2.00 bits per heavy atom. The summed E-state index contributed by atoms with van der Waals surface area (Å²) in [6.07, 6.45) is 7.42. The molecule has 2 fully saturated rings. The summed E-state index contributed by atoms with van der Waals surface area (Å²) >= 11 is 0. The van der Waals surface area contributed by atoms with Gasteiger partial charge in [0.05, 0.1) is 6.20 Å². The van der Waals surface area contributed by atoms with Crippen LogP contribution in [0.3, 0.4) is 0 Å². The monoisotopic (exact) mass is 489 g/mol. The van der Waals surface area contributed by atoms with Crippen LogP contribution in [0.2, 0.25) is 0 Å². The van der Waals surface area contributed by atoms with Gasteiger partial charge in [-0.2, -0.15) is 0 Å². The average Bonchev–Trinajstić information content (AvgIpc) is 3.50. The fourth-order valence-electron chi connectivity index (χ4n) is 3.03. The third-order valence-corrected chi connectivity index (χ3v) is 4.95. The second-order valence-electron chi connectivity index (χ2n) is 8.66. The largest absolute Gasteiger partial charge is 0.443 e. The lowest BCUT2D eigenvalue weighted by Crippen LogP contribution is -2.42. The molecule has 2 aliphatic carbocycles. The Morgan fingerprint density at radius 3 is 2.56 bits per heavy atom. The molecule has 2 aliphatic rings. The van der Waals surface area contributed by atoms with Gasteiger partial charge >= 0.3 is 0 Å². The molecule has 1 heterocycles. The Hall–Kier alpha value is -0.830. The van der Waals surface area contributed by atoms with Gasteiger partial charge in [0.2, 0.25) is 5.89 Å². The highest BCUT2D eigenvalue weighted by atomic mass is 127. The molecule has 2 saturated carbocycles. The van der Waals surface area contributed by atoms with Crippen molar-refractivity contribution in [2.75, 3.05) is 26.2 Å². The maximum Gasteiger partial charge on any atom is 0.216 e. The molecule has 0 spiro atoms. The van der Waals surface area contributed by atoms with E-state index in [0.717, 1.165) is 43.3 Å². The predicted octanol–water partition coefficient (Wildman–Crippen LogP) is 3.52. The van der Waals surface area contributed by atoms with Crippen molar-refractivity contribution in [3.05, 3.63) is 17.8 Å². The molecule has 1 aromatic heterocycles. The molecule has 0 saturated heterocycles. The molecule has 1 aromatic rings. The SMILES string of the molecule is CCNC(=NCc1ncc(C(C)(C)C)o1)NCCN(CC1CC1)C1CC1.I. The van der Waals surface area contributed by atoms with E-state index in [1.165, 1.54) is 32.2 Å². The van der Waals surface area contributed by atoms with Crippen molar-refractivity contribution in [1.82, 2.24) is 20.5 Å². The summed E-state index contributed by atoms with van der Waals surface area (Å²) in [7, 11) is 0. The van der Waals surface area contributed by atoms with Crippen molar-refractivity contribution >= 4 is 29.9 Å². The van der Waals surface area contributed by atoms with Crippen LogP contribution in [0, 0.1) is 5.92 Å². The van der Waals surface area contributed by atoms with Gasteiger partial charge in [0.1, 0.15) is 12.3 Å². The summed E-state index contributed by atoms with van der Waals surface area (Å²) in [5, 5.41) is 6.78. The number of nitrogens with zero attached hydrogens (tertiary/aromatic N) is 3. The minimum atomic E-state index is -0.0223. The third kappa shape index (κ3) is 7.60. The average molecular weight is 489 g/mol. The molecule has 0 unspecified atom stereocenters. The molecule has 27 heavy (non-hydrogen) atoms. The molecule has 0 amide bonds. The third-order valence-electron chi connectivity index (χ3n) is 4.95. The maximum atomic E-state index is 5.83. The van der Waals surface area contributed by atoms with Gasteiger partial charge in [-0.25, -0.2) is 9.98 Å². The van der Waals surface area contributed by atoms with Crippen LogP contribution in [0.5, 0.6) is 0 Å². The first-order valence-corrected chi connectivity index (χ1v) is 10.2. The number of guanidine groups is 1. The highest BCUT2D eigenvalue weighted by Gasteiger charge is 2.33. The molecule has 3 rings (SSSR count). The van der Waals surface area contributed by atoms with Gasteiger partial charge in [-0.1, -0.05) is 20.8 Å². The zero-order valence-corrected chi connectivity index (χ0v) is 19.6. The quantitative estimate of drug-likeness (QED) is 0.316. The Kier molecular flexibility index (Phi) is 8.39. The number of aliphatic imine (C=N–C) groups is 1. The van der Waals surface area contributed by atoms with Gasteiger partial charge < -0.3 is 15.1 Å². The number of rotatable bonds is 9. The van der Waals surface area contributed by atoms with Crippen LogP contribution in [0.25, 0.3) is 0 Å². The van der Waals surface area contributed by atoms with Crippen LogP contribution in [0.15, 0.2) is 15.6 Å². The summed E-state index contributed by atoms with van der Waals surface area (Å²) in [6, 6.07) is 0.833. The lowest BCUT2D eigenvalue weighted by atomic mass is 9.94. The van der Waals surface area contributed by atoms with E-state index in [1.54, 1.807) is 0 Å². The second kappa shape index (κ2) is 10.1. The van der Waals surface area contributed by atoms with E-state index in [4.69, 9.17) is 4.42 Å². The number of aromatic nitrogens is 1. The fraction of sp³-hybridized carbons (Fsp3) is 0.800. The smallest absolute Gasteiger partial charge is 0.216 e. The highest BCUT2D eigenvalue weighted by molar-refractivity contribution is 14.0. The van der Waals surface area contributed by atoms with Crippen LogP contribution in [0.4, 0.5) is 0 Å². The lowest BCUT2D eigenvalue weighted by Gasteiger charge is -2.22. The van der Waals surface area contributed by atoms with Gasteiger partial charge in [-0.05, 0) is 38.5 Å². The first-order valence-electron chi connectivity index (χ1n) is 10.2. The van der Waals surface area contributed by atoms with E-state index in [9.17, 15) is 0 Å². The van der Waals surface area contributed by atoms with Gasteiger partial charge in [0.15, 0.2) is 5.96 Å². The number of halogens is 1. The van der Waals surface area contributed by atoms with E-state index in [1.807, 2.05) is 6.20 Å². The summed E-state index contributed by atoms with van der Waals surface area (Å²) < 4.78 is 5.83. The zero-order chi connectivity index (χ0) is 18.6. The summed E-state index contributed by atoms with van der Waals surface area (Å²) in [5.41, 5.74) is -0.0223. The number of hydrogen-bond donors (Lipinski definition) is 2. The van der Waals surface area contributed by atoms with Gasteiger partial charge in [0.25, 0.3) is 0 Å². The van der Waals surface area contributed by atoms with Crippen molar-refractivity contribution in [1.29, 1.82) is 0 Å². The van der Waals surface area contributed by atoms with E-state index in [0.29, 0.717) is 12.4 Å². The Morgan fingerprint density at radius 1 is 1.26 bits per heavy atom. The Labute approximate surface area is 181 Å². The van der Waals surface area contributed by atoms with Crippen LogP contribution in [0.1, 0.15) is 65.0 Å². The Balaban J connectivity index is 0.00000261. The van der Waals surface area contributed by atoms with E-state index < -0.39 is 0 Å².